The molecule has 4 N–H and O–H groups in total. The molecule has 6 nitrogen and oxygen atoms in total. The van der Waals surface area contributed by atoms with Crippen LogP contribution < -0.4 is 16.6 Å². The van der Waals surface area contributed by atoms with Crippen molar-refractivity contribution in [3.05, 3.63) is 53.5 Å². The van der Waals surface area contributed by atoms with Crippen LogP contribution in [0.25, 0.3) is 0 Å². The van der Waals surface area contributed by atoms with Gasteiger partial charge in [-0.3, -0.25) is 4.79 Å². The predicted molar refractivity (Wildman–Crippen MR) is 79.4 cm³/mol. The maximum atomic E-state index is 12.3. The number of benzene rings is 1. The molecule has 1 heterocycles. The van der Waals surface area contributed by atoms with Crippen molar-refractivity contribution in [3.8, 4) is 0 Å². The number of rotatable bonds is 3. The molecule has 0 bridgehead atoms. The highest BCUT2D eigenvalue weighted by molar-refractivity contribution is 5.92. The lowest BCUT2D eigenvalue weighted by atomic mass is 9.88. The summed E-state index contributed by atoms with van der Waals surface area (Å²) in [7, 11) is 0. The first kappa shape index (κ1) is 13.5. The zero-order valence-corrected chi connectivity index (χ0v) is 11.5. The Morgan fingerprint density at radius 3 is 2.86 bits per heavy atom. The van der Waals surface area contributed by atoms with Crippen molar-refractivity contribution in [1.82, 2.24) is 15.3 Å². The lowest BCUT2D eigenvalue weighted by Gasteiger charge is -2.26. The number of aromatic nitrogens is 2. The summed E-state index contributed by atoms with van der Waals surface area (Å²) in [5, 5.41) is 3.04. The van der Waals surface area contributed by atoms with E-state index in [0.717, 1.165) is 19.3 Å². The van der Waals surface area contributed by atoms with Gasteiger partial charge in [0.15, 0.2) is 5.82 Å². The van der Waals surface area contributed by atoms with Gasteiger partial charge in [-0.25, -0.2) is 15.8 Å². The second kappa shape index (κ2) is 5.88. The number of hydrazine groups is 1. The van der Waals surface area contributed by atoms with Crippen molar-refractivity contribution in [3.63, 3.8) is 0 Å². The Hall–Kier alpha value is -2.47. The SMILES string of the molecule is NNc1cnc(C(=O)NC2CCCc3ccccc32)cn1. The van der Waals surface area contributed by atoms with Gasteiger partial charge >= 0.3 is 0 Å². The topological polar surface area (TPSA) is 92.9 Å². The minimum Gasteiger partial charge on any atom is -0.344 e. The highest BCUT2D eigenvalue weighted by Crippen LogP contribution is 2.29. The fourth-order valence-electron chi connectivity index (χ4n) is 2.66. The summed E-state index contributed by atoms with van der Waals surface area (Å²) in [5.74, 6) is 5.44. The summed E-state index contributed by atoms with van der Waals surface area (Å²) < 4.78 is 0. The van der Waals surface area contributed by atoms with Gasteiger partial charge in [0.1, 0.15) is 5.69 Å². The van der Waals surface area contributed by atoms with Gasteiger partial charge in [0.2, 0.25) is 0 Å². The maximum absolute atomic E-state index is 12.3. The summed E-state index contributed by atoms with van der Waals surface area (Å²) in [6.07, 6.45) is 5.94. The van der Waals surface area contributed by atoms with Crippen LogP contribution in [0.15, 0.2) is 36.7 Å². The number of nitrogens with two attached hydrogens (primary N) is 1. The smallest absolute Gasteiger partial charge is 0.271 e. The third-order valence-corrected chi connectivity index (χ3v) is 3.71. The van der Waals surface area contributed by atoms with Gasteiger partial charge in [-0.05, 0) is 30.4 Å². The summed E-state index contributed by atoms with van der Waals surface area (Å²) in [6.45, 7) is 0. The number of amides is 1. The monoisotopic (exact) mass is 283 g/mol. The number of nitrogens with zero attached hydrogens (tertiary/aromatic N) is 2. The van der Waals surface area contributed by atoms with Gasteiger partial charge in [0.05, 0.1) is 18.4 Å². The Balaban J connectivity index is 1.76. The second-order valence-electron chi connectivity index (χ2n) is 5.05. The lowest BCUT2D eigenvalue weighted by molar-refractivity contribution is 0.0927. The van der Waals surface area contributed by atoms with E-state index >= 15 is 0 Å². The van der Waals surface area contributed by atoms with Gasteiger partial charge in [0, 0.05) is 0 Å². The lowest BCUT2D eigenvalue weighted by Crippen LogP contribution is -2.31. The average Bonchev–Trinajstić information content (AvgIpc) is 2.55. The first-order valence-electron chi connectivity index (χ1n) is 6.95. The van der Waals surface area contributed by atoms with E-state index < -0.39 is 0 Å². The molecule has 1 atom stereocenters. The quantitative estimate of drug-likeness (QED) is 0.587. The molecular formula is C15H17N5O. The van der Waals surface area contributed by atoms with Crippen molar-refractivity contribution in [2.45, 2.75) is 25.3 Å². The van der Waals surface area contributed by atoms with E-state index in [1.54, 1.807) is 0 Å². The van der Waals surface area contributed by atoms with Gasteiger partial charge in [-0.15, -0.1) is 0 Å². The highest BCUT2D eigenvalue weighted by atomic mass is 16.1. The maximum Gasteiger partial charge on any atom is 0.271 e. The van der Waals surface area contributed by atoms with E-state index in [1.807, 2.05) is 12.1 Å². The summed E-state index contributed by atoms with van der Waals surface area (Å²) >= 11 is 0. The molecule has 1 aliphatic rings. The molecule has 0 aliphatic heterocycles. The molecule has 1 amide bonds. The standard InChI is InChI=1S/C15H17N5O/c16-20-14-9-17-13(8-18-14)15(21)19-12-7-3-5-10-4-1-2-6-11(10)12/h1-2,4,6,8-9,12H,3,5,7,16H2,(H,18,20)(H,19,21). The van der Waals surface area contributed by atoms with E-state index in [0.29, 0.717) is 5.82 Å². The molecule has 6 heteroatoms. The molecule has 0 radical (unpaired) electrons. The number of anilines is 1. The molecule has 0 saturated heterocycles. The zero-order chi connectivity index (χ0) is 14.7. The van der Waals surface area contributed by atoms with Gasteiger partial charge < -0.3 is 10.7 Å². The molecule has 0 spiro atoms. The zero-order valence-electron chi connectivity index (χ0n) is 11.5. The number of hydrogen-bond donors (Lipinski definition) is 3. The number of fused-ring (bicyclic) bond motifs is 1. The Kier molecular flexibility index (Phi) is 3.79. The number of nitrogen functional groups attached to an aromatic ring is 1. The minimum atomic E-state index is -0.215. The van der Waals surface area contributed by atoms with Crippen LogP contribution in [0.5, 0.6) is 0 Å². The van der Waals surface area contributed by atoms with Crippen LogP contribution in [-0.4, -0.2) is 15.9 Å². The molecular weight excluding hydrogens is 266 g/mol. The first-order valence-corrected chi connectivity index (χ1v) is 6.95. The Labute approximate surface area is 122 Å². The molecule has 1 unspecified atom stereocenters. The summed E-state index contributed by atoms with van der Waals surface area (Å²) in [5.41, 5.74) is 5.18. The van der Waals surface area contributed by atoms with Crippen LogP contribution in [0.1, 0.15) is 40.5 Å². The molecule has 0 fully saturated rings. The summed E-state index contributed by atoms with van der Waals surface area (Å²) in [6, 6.07) is 8.27. The van der Waals surface area contributed by atoms with Crippen LogP contribution >= 0.6 is 0 Å². The minimum absolute atomic E-state index is 0.0385. The van der Waals surface area contributed by atoms with Crippen molar-refractivity contribution >= 4 is 11.7 Å². The van der Waals surface area contributed by atoms with E-state index in [-0.39, 0.29) is 17.6 Å². The number of aryl methyl sites for hydroxylation is 1. The Morgan fingerprint density at radius 1 is 1.24 bits per heavy atom. The molecule has 2 aromatic rings. The fraction of sp³-hybridized carbons (Fsp3) is 0.267. The molecule has 3 rings (SSSR count). The molecule has 1 aromatic carbocycles. The van der Waals surface area contributed by atoms with E-state index in [1.165, 1.54) is 23.5 Å². The van der Waals surface area contributed by atoms with Crippen LogP contribution in [0, 0.1) is 0 Å². The van der Waals surface area contributed by atoms with Gasteiger partial charge in [0.25, 0.3) is 5.91 Å². The normalized spacial score (nSPS) is 16.9. The van der Waals surface area contributed by atoms with Gasteiger partial charge in [-0.1, -0.05) is 24.3 Å². The van der Waals surface area contributed by atoms with Crippen molar-refractivity contribution < 1.29 is 4.79 Å². The largest absolute Gasteiger partial charge is 0.344 e. The number of carbonyl (C=O) groups is 1. The highest BCUT2D eigenvalue weighted by Gasteiger charge is 2.22. The van der Waals surface area contributed by atoms with Crippen LogP contribution in [0.4, 0.5) is 5.82 Å². The number of nitrogens with one attached hydrogen (secondary N) is 2. The molecule has 21 heavy (non-hydrogen) atoms. The number of carbonyl (C=O) groups excluding carboxylic acids is 1. The van der Waals surface area contributed by atoms with E-state index in [9.17, 15) is 4.79 Å². The third-order valence-electron chi connectivity index (χ3n) is 3.71. The van der Waals surface area contributed by atoms with E-state index in [4.69, 9.17) is 5.84 Å². The van der Waals surface area contributed by atoms with Crippen LogP contribution in [0.3, 0.4) is 0 Å². The summed E-state index contributed by atoms with van der Waals surface area (Å²) in [4.78, 5) is 20.3. The van der Waals surface area contributed by atoms with Crippen LogP contribution in [-0.2, 0) is 6.42 Å². The molecule has 0 saturated carbocycles. The van der Waals surface area contributed by atoms with Crippen molar-refractivity contribution in [2.24, 2.45) is 5.84 Å². The predicted octanol–water partition coefficient (Wildman–Crippen LogP) is 1.57. The third kappa shape index (κ3) is 2.85. The van der Waals surface area contributed by atoms with Crippen LogP contribution in [0.2, 0.25) is 0 Å². The average molecular weight is 283 g/mol. The fourth-order valence-corrected chi connectivity index (χ4v) is 2.66. The first-order chi connectivity index (χ1) is 10.3. The van der Waals surface area contributed by atoms with Crippen molar-refractivity contribution in [2.75, 3.05) is 5.43 Å². The molecule has 1 aliphatic carbocycles. The Bertz CT molecular complexity index is 641. The second-order valence-corrected chi connectivity index (χ2v) is 5.05. The molecule has 108 valence electrons. The van der Waals surface area contributed by atoms with Gasteiger partial charge in [-0.2, -0.15) is 0 Å². The molecule has 1 aromatic heterocycles. The van der Waals surface area contributed by atoms with Crippen molar-refractivity contribution in [1.29, 1.82) is 0 Å². The van der Waals surface area contributed by atoms with E-state index in [2.05, 4.69) is 32.8 Å². The number of hydrogen-bond acceptors (Lipinski definition) is 5. The Morgan fingerprint density at radius 2 is 2.10 bits per heavy atom.